The van der Waals surface area contributed by atoms with Crippen LogP contribution in [-0.4, -0.2) is 32.3 Å². The van der Waals surface area contributed by atoms with E-state index >= 15 is 0 Å². The minimum atomic E-state index is -4.01. The Balaban J connectivity index is 1.38. The van der Waals surface area contributed by atoms with Crippen LogP contribution in [0.25, 0.3) is 0 Å². The first-order valence-electron chi connectivity index (χ1n) is 11.1. The molecular weight excluding hydrogens is 400 g/mol. The topological polar surface area (TPSA) is 89.7 Å². The molecule has 2 fully saturated rings. The van der Waals surface area contributed by atoms with Crippen LogP contribution in [0.2, 0.25) is 0 Å². The van der Waals surface area contributed by atoms with Gasteiger partial charge in [0, 0.05) is 24.1 Å². The van der Waals surface area contributed by atoms with Crippen molar-refractivity contribution < 1.29 is 17.4 Å². The lowest BCUT2D eigenvalue weighted by molar-refractivity contribution is -0.128. The van der Waals surface area contributed by atoms with Gasteiger partial charge in [-0.2, -0.15) is 13.6 Å². The minimum absolute atomic E-state index is 0.0188. The number of aryl methyl sites for hydroxylation is 1. The van der Waals surface area contributed by atoms with Gasteiger partial charge in [-0.15, -0.1) is 0 Å². The number of fused-ring (bicyclic) bond motifs is 5. The molecule has 7 heteroatoms. The van der Waals surface area contributed by atoms with Gasteiger partial charge in [-0.1, -0.05) is 19.1 Å². The van der Waals surface area contributed by atoms with Crippen molar-refractivity contribution in [2.45, 2.75) is 57.8 Å². The van der Waals surface area contributed by atoms with Crippen molar-refractivity contribution in [1.29, 1.82) is 0 Å². The maximum Gasteiger partial charge on any atom is 0.380 e. The zero-order valence-corrected chi connectivity index (χ0v) is 18.3. The van der Waals surface area contributed by atoms with E-state index in [1.807, 2.05) is 12.1 Å². The Labute approximate surface area is 178 Å². The molecule has 0 spiro atoms. The van der Waals surface area contributed by atoms with Gasteiger partial charge in [-0.05, 0) is 86.0 Å². The average Bonchev–Trinajstić information content (AvgIpc) is 3.33. The van der Waals surface area contributed by atoms with Crippen LogP contribution in [0.5, 0.6) is 5.75 Å². The number of carbonyl (C=O) groups is 1. The highest BCUT2D eigenvalue weighted by atomic mass is 32.2. The highest BCUT2D eigenvalue weighted by Gasteiger charge is 2.53. The molecule has 0 unspecified atom stereocenters. The van der Waals surface area contributed by atoms with Gasteiger partial charge in [0.05, 0.1) is 0 Å². The standard InChI is InChI=1S/C23H30N2O4S/c1-23-11-10-18-17-7-5-16(29-30(24,27)28)14-15(17)4-6-19(18)20(23)8-9-21(23)22(26)25-12-2-3-13-25/h5,7,9,14,18-20H,2-4,6,8,10-13H2,1H3,(H2,24,27,28)/t18-,19-,20+,23+/m1/s1. The van der Waals surface area contributed by atoms with Gasteiger partial charge >= 0.3 is 10.3 Å². The summed E-state index contributed by atoms with van der Waals surface area (Å²) in [6, 6.07) is 5.57. The second-order valence-electron chi connectivity index (χ2n) is 9.66. The summed E-state index contributed by atoms with van der Waals surface area (Å²) in [5.41, 5.74) is 3.53. The van der Waals surface area contributed by atoms with Crippen LogP contribution in [0.15, 0.2) is 29.8 Å². The second kappa shape index (κ2) is 7.09. The van der Waals surface area contributed by atoms with E-state index in [-0.39, 0.29) is 17.1 Å². The number of nitrogens with zero attached hydrogens (tertiary/aromatic N) is 1. The fourth-order valence-electron chi connectivity index (χ4n) is 6.73. The quantitative estimate of drug-likeness (QED) is 0.797. The van der Waals surface area contributed by atoms with Crippen molar-refractivity contribution in [3.63, 3.8) is 0 Å². The predicted molar refractivity (Wildman–Crippen MR) is 114 cm³/mol. The van der Waals surface area contributed by atoms with Crippen molar-refractivity contribution in [2.75, 3.05) is 13.1 Å². The zero-order chi connectivity index (χ0) is 21.1. The fourth-order valence-corrected chi connectivity index (χ4v) is 7.11. The van der Waals surface area contributed by atoms with E-state index in [1.54, 1.807) is 6.07 Å². The number of allylic oxidation sites excluding steroid dienone is 1. The molecule has 1 amide bonds. The third-order valence-corrected chi connectivity index (χ3v) is 8.54. The van der Waals surface area contributed by atoms with E-state index in [4.69, 9.17) is 9.32 Å². The van der Waals surface area contributed by atoms with Crippen LogP contribution in [0.3, 0.4) is 0 Å². The van der Waals surface area contributed by atoms with Crippen LogP contribution < -0.4 is 9.32 Å². The number of amides is 1. The fraction of sp³-hybridized carbons (Fsp3) is 0.609. The minimum Gasteiger partial charge on any atom is -0.371 e. The number of rotatable bonds is 3. The summed E-state index contributed by atoms with van der Waals surface area (Å²) >= 11 is 0. The zero-order valence-electron chi connectivity index (χ0n) is 17.5. The summed E-state index contributed by atoms with van der Waals surface area (Å²) in [6.07, 6.45) is 9.54. The van der Waals surface area contributed by atoms with Gasteiger partial charge < -0.3 is 9.08 Å². The monoisotopic (exact) mass is 430 g/mol. The van der Waals surface area contributed by atoms with Gasteiger partial charge in [-0.3, -0.25) is 4.79 Å². The number of nitrogens with two attached hydrogens (primary N) is 1. The molecule has 5 rings (SSSR count). The number of benzene rings is 1. The molecule has 0 aromatic heterocycles. The molecule has 1 aliphatic heterocycles. The normalized spacial score (nSPS) is 32.8. The van der Waals surface area contributed by atoms with E-state index in [2.05, 4.69) is 17.9 Å². The third-order valence-electron chi connectivity index (χ3n) is 8.11. The molecule has 6 nitrogen and oxygen atoms in total. The Bertz CT molecular complexity index is 1010. The van der Waals surface area contributed by atoms with Crippen LogP contribution in [0.1, 0.15) is 62.5 Å². The molecule has 4 aliphatic rings. The molecule has 0 radical (unpaired) electrons. The highest BCUT2D eigenvalue weighted by Crippen LogP contribution is 2.61. The predicted octanol–water partition coefficient (Wildman–Crippen LogP) is 3.28. The first-order chi connectivity index (χ1) is 14.3. The smallest absolute Gasteiger partial charge is 0.371 e. The van der Waals surface area contributed by atoms with E-state index in [0.29, 0.717) is 17.8 Å². The maximum absolute atomic E-state index is 13.2. The molecular formula is C23H30N2O4S. The van der Waals surface area contributed by atoms with Gasteiger partial charge in [-0.25, -0.2) is 0 Å². The highest BCUT2D eigenvalue weighted by molar-refractivity contribution is 7.84. The number of carbonyl (C=O) groups excluding carboxylic acids is 1. The Kier molecular flexibility index (Phi) is 4.74. The lowest BCUT2D eigenvalue weighted by Gasteiger charge is -2.50. The van der Waals surface area contributed by atoms with Crippen molar-refractivity contribution in [2.24, 2.45) is 22.4 Å². The largest absolute Gasteiger partial charge is 0.380 e. The Morgan fingerprint density at radius 1 is 1.23 bits per heavy atom. The molecule has 1 aromatic rings. The SMILES string of the molecule is C[C@]12CC[C@@H]3c4ccc(OS(N)(=O)=O)cc4CC[C@H]3[C@@H]1CC=C2C(=O)N1CCCC1. The van der Waals surface area contributed by atoms with Crippen molar-refractivity contribution in [1.82, 2.24) is 4.90 Å². The maximum atomic E-state index is 13.2. The van der Waals surface area contributed by atoms with E-state index in [1.165, 1.54) is 11.1 Å². The second-order valence-corrected chi connectivity index (χ2v) is 10.8. The molecule has 0 bridgehead atoms. The van der Waals surface area contributed by atoms with Gasteiger partial charge in [0.25, 0.3) is 0 Å². The summed E-state index contributed by atoms with van der Waals surface area (Å²) in [7, 11) is -4.01. The molecule has 3 aliphatic carbocycles. The van der Waals surface area contributed by atoms with Crippen molar-refractivity contribution in [3.05, 3.63) is 41.0 Å². The van der Waals surface area contributed by atoms with Crippen molar-refractivity contribution >= 4 is 16.2 Å². The molecule has 30 heavy (non-hydrogen) atoms. The summed E-state index contributed by atoms with van der Waals surface area (Å²) in [6.45, 7) is 4.12. The molecule has 2 N–H and O–H groups in total. The van der Waals surface area contributed by atoms with E-state index in [9.17, 15) is 13.2 Å². The number of hydrogen-bond donors (Lipinski definition) is 1. The van der Waals surface area contributed by atoms with Gasteiger partial charge in [0.2, 0.25) is 5.91 Å². The molecule has 1 saturated heterocycles. The molecule has 1 heterocycles. The molecule has 1 aromatic carbocycles. The van der Waals surface area contributed by atoms with Crippen molar-refractivity contribution in [3.8, 4) is 5.75 Å². The van der Waals surface area contributed by atoms with Crippen LogP contribution >= 0.6 is 0 Å². The lowest BCUT2D eigenvalue weighted by Crippen LogP contribution is -2.44. The van der Waals surface area contributed by atoms with Gasteiger partial charge in [0.15, 0.2) is 0 Å². The first kappa shape index (κ1) is 20.1. The Morgan fingerprint density at radius 3 is 2.73 bits per heavy atom. The summed E-state index contributed by atoms with van der Waals surface area (Å²) in [5.74, 6) is 2.09. The average molecular weight is 431 g/mol. The lowest BCUT2D eigenvalue weighted by atomic mass is 9.54. The third kappa shape index (κ3) is 3.26. The Morgan fingerprint density at radius 2 is 2.00 bits per heavy atom. The van der Waals surface area contributed by atoms with Crippen LogP contribution in [0.4, 0.5) is 0 Å². The van der Waals surface area contributed by atoms with Gasteiger partial charge in [0.1, 0.15) is 5.75 Å². The van der Waals surface area contributed by atoms with E-state index < -0.39 is 10.3 Å². The summed E-state index contributed by atoms with van der Waals surface area (Å²) in [5, 5.41) is 5.02. The molecule has 162 valence electrons. The molecule has 4 atom stereocenters. The van der Waals surface area contributed by atoms with Crippen LogP contribution in [-0.2, 0) is 21.5 Å². The Hall–Kier alpha value is -1.86. The molecule has 1 saturated carbocycles. The number of hydrogen-bond acceptors (Lipinski definition) is 4. The number of likely N-dealkylation sites (tertiary alicyclic amines) is 1. The summed E-state index contributed by atoms with van der Waals surface area (Å²) in [4.78, 5) is 15.3. The summed E-state index contributed by atoms with van der Waals surface area (Å²) < 4.78 is 27.4. The first-order valence-corrected chi connectivity index (χ1v) is 12.6. The van der Waals surface area contributed by atoms with Crippen LogP contribution in [0, 0.1) is 17.3 Å². The van der Waals surface area contributed by atoms with E-state index in [0.717, 1.165) is 63.6 Å².